The monoisotopic (exact) mass is 229 g/mol. The van der Waals surface area contributed by atoms with E-state index in [0.29, 0.717) is 17.5 Å². The lowest BCUT2D eigenvalue weighted by Crippen LogP contribution is -2.14. The molecule has 0 aliphatic rings. The number of aliphatic hydroxyl groups is 1. The number of benzene rings is 1. The summed E-state index contributed by atoms with van der Waals surface area (Å²) in [7, 11) is 1.31. The lowest BCUT2D eigenvalue weighted by atomic mass is 10.0. The van der Waals surface area contributed by atoms with E-state index in [1.807, 2.05) is 0 Å². The SMILES string of the molecule is COc1c(C(N)CCO)cc(C)c(O)c1F. The first-order valence-corrected chi connectivity index (χ1v) is 4.95. The number of hydrogen-bond acceptors (Lipinski definition) is 4. The molecule has 1 aromatic carbocycles. The van der Waals surface area contributed by atoms with Gasteiger partial charge in [-0.05, 0) is 25.0 Å². The molecule has 0 fully saturated rings. The Morgan fingerprint density at radius 1 is 1.56 bits per heavy atom. The van der Waals surface area contributed by atoms with Crippen molar-refractivity contribution >= 4 is 0 Å². The first kappa shape index (κ1) is 12.7. The summed E-state index contributed by atoms with van der Waals surface area (Å²) < 4.78 is 18.5. The molecule has 0 aliphatic heterocycles. The summed E-state index contributed by atoms with van der Waals surface area (Å²) in [6.45, 7) is 1.49. The first-order chi connectivity index (χ1) is 7.52. The smallest absolute Gasteiger partial charge is 0.207 e. The van der Waals surface area contributed by atoms with Gasteiger partial charge < -0.3 is 20.7 Å². The summed E-state index contributed by atoms with van der Waals surface area (Å²) in [6, 6.07) is 1.05. The fraction of sp³-hybridized carbons (Fsp3) is 0.455. The highest BCUT2D eigenvalue weighted by Crippen LogP contribution is 2.36. The quantitative estimate of drug-likeness (QED) is 0.725. The number of halogens is 1. The zero-order valence-corrected chi connectivity index (χ0v) is 9.33. The molecule has 4 N–H and O–H groups in total. The third kappa shape index (κ3) is 2.25. The van der Waals surface area contributed by atoms with Crippen molar-refractivity contribution in [1.29, 1.82) is 0 Å². The molecule has 0 spiro atoms. The molecule has 0 heterocycles. The first-order valence-electron chi connectivity index (χ1n) is 4.95. The zero-order valence-electron chi connectivity index (χ0n) is 9.33. The predicted octanol–water partition coefficient (Wildman–Crippen LogP) is 1.23. The van der Waals surface area contributed by atoms with Crippen molar-refractivity contribution in [3.8, 4) is 11.5 Å². The number of phenolic OH excluding ortho intramolecular Hbond substituents is 1. The van der Waals surface area contributed by atoms with Gasteiger partial charge >= 0.3 is 0 Å². The molecule has 0 bridgehead atoms. The molecule has 0 radical (unpaired) electrons. The Morgan fingerprint density at radius 2 is 2.19 bits per heavy atom. The number of ether oxygens (including phenoxy) is 1. The minimum absolute atomic E-state index is 0.0657. The van der Waals surface area contributed by atoms with Crippen molar-refractivity contribution < 1.29 is 19.3 Å². The molecule has 1 aromatic rings. The van der Waals surface area contributed by atoms with Crippen LogP contribution in [0.2, 0.25) is 0 Å². The van der Waals surface area contributed by atoms with Gasteiger partial charge in [0, 0.05) is 18.2 Å². The summed E-state index contributed by atoms with van der Waals surface area (Å²) >= 11 is 0. The van der Waals surface area contributed by atoms with Gasteiger partial charge in [0.2, 0.25) is 5.82 Å². The third-order valence-electron chi connectivity index (χ3n) is 2.46. The van der Waals surface area contributed by atoms with Crippen LogP contribution in [0.5, 0.6) is 11.5 Å². The van der Waals surface area contributed by atoms with Crippen molar-refractivity contribution in [3.63, 3.8) is 0 Å². The third-order valence-corrected chi connectivity index (χ3v) is 2.46. The van der Waals surface area contributed by atoms with E-state index in [-0.39, 0.29) is 12.4 Å². The van der Waals surface area contributed by atoms with E-state index in [0.717, 1.165) is 0 Å². The molecule has 1 unspecified atom stereocenters. The van der Waals surface area contributed by atoms with Crippen LogP contribution in [-0.2, 0) is 0 Å². The topological polar surface area (TPSA) is 75.7 Å². The molecular weight excluding hydrogens is 213 g/mol. The van der Waals surface area contributed by atoms with Gasteiger partial charge in [-0.3, -0.25) is 0 Å². The molecule has 1 rings (SSSR count). The Morgan fingerprint density at radius 3 is 2.69 bits per heavy atom. The number of aryl methyl sites for hydroxylation is 1. The molecule has 4 nitrogen and oxygen atoms in total. The van der Waals surface area contributed by atoms with Gasteiger partial charge in [0.05, 0.1) is 7.11 Å². The van der Waals surface area contributed by atoms with Crippen LogP contribution in [0.1, 0.15) is 23.6 Å². The van der Waals surface area contributed by atoms with Crippen LogP contribution in [0.15, 0.2) is 6.07 Å². The number of aliphatic hydroxyl groups excluding tert-OH is 1. The Kier molecular flexibility index (Phi) is 4.09. The summed E-state index contributed by atoms with van der Waals surface area (Å²) in [5, 5.41) is 18.2. The molecule has 90 valence electrons. The number of rotatable bonds is 4. The number of aromatic hydroxyl groups is 1. The molecule has 0 aromatic heterocycles. The highest BCUT2D eigenvalue weighted by Gasteiger charge is 2.20. The lowest BCUT2D eigenvalue weighted by molar-refractivity contribution is 0.274. The van der Waals surface area contributed by atoms with Crippen molar-refractivity contribution in [1.82, 2.24) is 0 Å². The summed E-state index contributed by atoms with van der Waals surface area (Å²) in [6.07, 6.45) is 0.306. The lowest BCUT2D eigenvalue weighted by Gasteiger charge is -2.17. The van der Waals surface area contributed by atoms with E-state index < -0.39 is 17.6 Å². The minimum Gasteiger partial charge on any atom is -0.505 e. The van der Waals surface area contributed by atoms with Crippen LogP contribution in [0.3, 0.4) is 0 Å². The number of methoxy groups -OCH3 is 1. The maximum atomic E-state index is 13.6. The van der Waals surface area contributed by atoms with Crippen molar-refractivity contribution in [3.05, 3.63) is 23.0 Å². The number of nitrogens with two attached hydrogens (primary N) is 1. The summed E-state index contributed by atoms with van der Waals surface area (Å²) in [5.41, 5.74) is 6.62. The van der Waals surface area contributed by atoms with Crippen LogP contribution in [0, 0.1) is 12.7 Å². The zero-order chi connectivity index (χ0) is 12.3. The molecule has 1 atom stereocenters. The van der Waals surface area contributed by atoms with Gasteiger partial charge in [0.1, 0.15) is 0 Å². The highest BCUT2D eigenvalue weighted by atomic mass is 19.1. The second-order valence-electron chi connectivity index (χ2n) is 3.60. The summed E-state index contributed by atoms with van der Waals surface area (Å²) in [5.74, 6) is -1.31. The van der Waals surface area contributed by atoms with E-state index in [1.165, 1.54) is 7.11 Å². The largest absolute Gasteiger partial charge is 0.505 e. The Labute approximate surface area is 93.5 Å². The average Bonchev–Trinajstić information content (AvgIpc) is 2.26. The second kappa shape index (κ2) is 5.14. The maximum absolute atomic E-state index is 13.6. The molecule has 0 amide bonds. The number of hydrogen-bond donors (Lipinski definition) is 3. The van der Waals surface area contributed by atoms with Gasteiger partial charge in [0.25, 0.3) is 0 Å². The van der Waals surface area contributed by atoms with Crippen LogP contribution in [-0.4, -0.2) is 23.9 Å². The van der Waals surface area contributed by atoms with Gasteiger partial charge in [-0.2, -0.15) is 4.39 Å². The Balaban J connectivity index is 3.27. The standard InChI is InChI=1S/C11H16FNO3/c1-6-5-7(8(13)3-4-14)11(16-2)9(12)10(6)15/h5,8,14-15H,3-4,13H2,1-2H3. The predicted molar refractivity (Wildman–Crippen MR) is 58.0 cm³/mol. The Bertz CT molecular complexity index is 382. The van der Waals surface area contributed by atoms with Crippen LogP contribution in [0.4, 0.5) is 4.39 Å². The van der Waals surface area contributed by atoms with Gasteiger partial charge in [0.15, 0.2) is 11.5 Å². The van der Waals surface area contributed by atoms with Gasteiger partial charge in [-0.1, -0.05) is 0 Å². The van der Waals surface area contributed by atoms with Crippen LogP contribution < -0.4 is 10.5 Å². The van der Waals surface area contributed by atoms with E-state index in [1.54, 1.807) is 13.0 Å². The van der Waals surface area contributed by atoms with E-state index >= 15 is 0 Å². The Hall–Kier alpha value is -1.33. The van der Waals surface area contributed by atoms with Gasteiger partial charge in [-0.25, -0.2) is 0 Å². The van der Waals surface area contributed by atoms with Gasteiger partial charge in [-0.15, -0.1) is 0 Å². The minimum atomic E-state index is -0.814. The van der Waals surface area contributed by atoms with E-state index in [4.69, 9.17) is 15.6 Å². The van der Waals surface area contributed by atoms with Crippen LogP contribution in [0.25, 0.3) is 0 Å². The summed E-state index contributed by atoms with van der Waals surface area (Å²) in [4.78, 5) is 0. The van der Waals surface area contributed by atoms with Crippen molar-refractivity contribution in [2.24, 2.45) is 5.73 Å². The van der Waals surface area contributed by atoms with Crippen molar-refractivity contribution in [2.45, 2.75) is 19.4 Å². The maximum Gasteiger partial charge on any atom is 0.207 e. The molecule has 0 saturated heterocycles. The molecular formula is C11H16FNO3. The molecule has 5 heteroatoms. The number of phenols is 1. The highest BCUT2D eigenvalue weighted by molar-refractivity contribution is 5.48. The molecule has 16 heavy (non-hydrogen) atoms. The van der Waals surface area contributed by atoms with E-state index in [2.05, 4.69) is 0 Å². The second-order valence-corrected chi connectivity index (χ2v) is 3.60. The molecule has 0 saturated carbocycles. The van der Waals surface area contributed by atoms with Crippen LogP contribution >= 0.6 is 0 Å². The fourth-order valence-corrected chi connectivity index (χ4v) is 1.55. The molecule has 0 aliphatic carbocycles. The van der Waals surface area contributed by atoms with Crippen molar-refractivity contribution in [2.75, 3.05) is 13.7 Å². The van der Waals surface area contributed by atoms with E-state index in [9.17, 15) is 9.50 Å². The fourth-order valence-electron chi connectivity index (χ4n) is 1.55. The normalized spacial score (nSPS) is 12.6. The average molecular weight is 229 g/mol.